The zero-order valence-corrected chi connectivity index (χ0v) is 22.4. The van der Waals surface area contributed by atoms with Gasteiger partial charge in [-0.2, -0.15) is 5.26 Å². The van der Waals surface area contributed by atoms with Crippen LogP contribution in [0.5, 0.6) is 5.75 Å². The minimum atomic E-state index is -0.553. The third-order valence-corrected chi connectivity index (χ3v) is 6.37. The van der Waals surface area contributed by atoms with Crippen LogP contribution in [0.15, 0.2) is 48.7 Å². The van der Waals surface area contributed by atoms with Crippen LogP contribution >= 0.6 is 11.6 Å². The number of ether oxygens (including phenoxy) is 3. The molecule has 11 heteroatoms. The number of carbonyl (C=O) groups is 1. The SMILES string of the molecule is COCCN(C)CC=CC(=O)Nc1cc2c(Nc3ccc(F)c(Cl)c3)c(C#N)cnc2cc1OC1CCOC1. The molecule has 0 bridgehead atoms. The Labute approximate surface area is 231 Å². The number of nitrogens with zero attached hydrogens (tertiary/aromatic N) is 3. The van der Waals surface area contributed by atoms with Crippen molar-refractivity contribution >= 4 is 45.5 Å². The highest BCUT2D eigenvalue weighted by Crippen LogP contribution is 2.37. The molecule has 1 saturated heterocycles. The summed E-state index contributed by atoms with van der Waals surface area (Å²) in [6.45, 7) is 2.94. The lowest BCUT2D eigenvalue weighted by molar-refractivity contribution is -0.111. The number of carbonyl (C=O) groups excluding carboxylic acids is 1. The summed E-state index contributed by atoms with van der Waals surface area (Å²) in [5.74, 6) is -0.459. The van der Waals surface area contributed by atoms with E-state index in [2.05, 4.69) is 21.7 Å². The second kappa shape index (κ2) is 13.4. The molecule has 1 aromatic heterocycles. The number of rotatable bonds is 11. The number of anilines is 3. The number of pyridine rings is 1. The van der Waals surface area contributed by atoms with E-state index >= 15 is 0 Å². The number of hydrogen-bond acceptors (Lipinski definition) is 8. The Morgan fingerprint density at radius 2 is 2.23 bits per heavy atom. The average molecular weight is 554 g/mol. The zero-order valence-electron chi connectivity index (χ0n) is 21.7. The predicted molar refractivity (Wildman–Crippen MR) is 148 cm³/mol. The molecule has 1 aliphatic rings. The predicted octanol–water partition coefficient (Wildman–Crippen LogP) is 4.88. The minimum absolute atomic E-state index is 0.0565. The summed E-state index contributed by atoms with van der Waals surface area (Å²) in [5, 5.41) is 16.3. The number of nitriles is 1. The molecule has 2 N–H and O–H groups in total. The highest BCUT2D eigenvalue weighted by molar-refractivity contribution is 6.31. The van der Waals surface area contributed by atoms with Gasteiger partial charge in [0.15, 0.2) is 0 Å². The summed E-state index contributed by atoms with van der Waals surface area (Å²) >= 11 is 5.96. The van der Waals surface area contributed by atoms with Crippen molar-refractivity contribution < 1.29 is 23.4 Å². The molecule has 1 atom stereocenters. The van der Waals surface area contributed by atoms with Crippen molar-refractivity contribution in [3.05, 3.63) is 65.1 Å². The molecule has 0 aliphatic carbocycles. The fraction of sp³-hybridized carbons (Fsp3) is 0.321. The van der Waals surface area contributed by atoms with E-state index in [0.717, 1.165) is 13.0 Å². The number of nitrogens with one attached hydrogen (secondary N) is 2. The van der Waals surface area contributed by atoms with Gasteiger partial charge < -0.3 is 29.7 Å². The van der Waals surface area contributed by atoms with Crippen LogP contribution in [-0.2, 0) is 14.3 Å². The van der Waals surface area contributed by atoms with Gasteiger partial charge in [0.05, 0.1) is 47.3 Å². The molecule has 39 heavy (non-hydrogen) atoms. The van der Waals surface area contributed by atoms with Crippen molar-refractivity contribution in [2.24, 2.45) is 0 Å². The Balaban J connectivity index is 1.68. The molecular weight excluding hydrogens is 525 g/mol. The number of hydrogen-bond donors (Lipinski definition) is 2. The summed E-state index contributed by atoms with van der Waals surface area (Å²) in [6, 6.07) is 9.74. The topological polar surface area (TPSA) is 109 Å². The second-order valence-corrected chi connectivity index (χ2v) is 9.44. The summed E-state index contributed by atoms with van der Waals surface area (Å²) in [5.41, 5.74) is 2.13. The van der Waals surface area contributed by atoms with Gasteiger partial charge in [-0.05, 0) is 31.3 Å². The standard InChI is InChI=1S/C28H29ClFN5O4/c1-35(9-11-37-2)8-3-4-27(36)34-25-13-21-24(14-26(25)39-20-7-10-38-17-20)32-16-18(15-31)28(21)33-19-5-6-23(30)22(29)12-19/h3-6,12-14,16,20H,7-11,17H2,1-2H3,(H,32,33)(H,34,36). The molecule has 2 aromatic carbocycles. The molecule has 1 aliphatic heterocycles. The van der Waals surface area contributed by atoms with Crippen LogP contribution in [0.4, 0.5) is 21.5 Å². The molecule has 204 valence electrons. The smallest absolute Gasteiger partial charge is 0.248 e. The van der Waals surface area contributed by atoms with E-state index in [4.69, 9.17) is 25.8 Å². The van der Waals surface area contributed by atoms with Gasteiger partial charge in [-0.25, -0.2) is 4.39 Å². The van der Waals surface area contributed by atoms with Gasteiger partial charge in [-0.3, -0.25) is 9.78 Å². The van der Waals surface area contributed by atoms with Crippen LogP contribution in [-0.4, -0.2) is 69.0 Å². The van der Waals surface area contributed by atoms with E-state index < -0.39 is 5.82 Å². The second-order valence-electron chi connectivity index (χ2n) is 9.03. The van der Waals surface area contributed by atoms with Gasteiger partial charge >= 0.3 is 0 Å². The van der Waals surface area contributed by atoms with Gasteiger partial charge in [0.1, 0.15) is 23.7 Å². The fourth-order valence-corrected chi connectivity index (χ4v) is 4.17. The van der Waals surface area contributed by atoms with Crippen molar-refractivity contribution in [3.8, 4) is 11.8 Å². The van der Waals surface area contributed by atoms with Crippen LogP contribution in [0, 0.1) is 17.1 Å². The molecule has 9 nitrogen and oxygen atoms in total. The maximum Gasteiger partial charge on any atom is 0.248 e. The molecule has 1 amide bonds. The van der Waals surface area contributed by atoms with Gasteiger partial charge in [0.2, 0.25) is 5.91 Å². The van der Waals surface area contributed by atoms with Gasteiger partial charge in [0.25, 0.3) is 0 Å². The summed E-state index contributed by atoms with van der Waals surface area (Å²) < 4.78 is 30.4. The molecular formula is C28H29ClFN5O4. The number of aromatic nitrogens is 1. The molecule has 0 radical (unpaired) electrons. The van der Waals surface area contributed by atoms with Crippen molar-refractivity contribution in [1.82, 2.24) is 9.88 Å². The normalized spacial score (nSPS) is 15.1. The first-order chi connectivity index (χ1) is 18.9. The first-order valence-electron chi connectivity index (χ1n) is 12.4. The van der Waals surface area contributed by atoms with Crippen LogP contribution in [0.1, 0.15) is 12.0 Å². The summed E-state index contributed by atoms with van der Waals surface area (Å²) in [7, 11) is 3.58. The van der Waals surface area contributed by atoms with Gasteiger partial charge in [-0.15, -0.1) is 0 Å². The Bertz CT molecular complexity index is 1400. The zero-order chi connectivity index (χ0) is 27.8. The molecule has 2 heterocycles. The Hall–Kier alpha value is -3.75. The Morgan fingerprint density at radius 3 is 2.95 bits per heavy atom. The van der Waals surface area contributed by atoms with Crippen molar-refractivity contribution in [2.75, 3.05) is 57.7 Å². The molecule has 1 unspecified atom stereocenters. The fourth-order valence-electron chi connectivity index (χ4n) is 3.99. The van der Waals surface area contributed by atoms with Crippen molar-refractivity contribution in [1.29, 1.82) is 5.26 Å². The Kier molecular flexibility index (Phi) is 9.68. The highest BCUT2D eigenvalue weighted by Gasteiger charge is 2.21. The lowest BCUT2D eigenvalue weighted by Gasteiger charge is -2.18. The van der Waals surface area contributed by atoms with E-state index in [0.29, 0.717) is 60.1 Å². The largest absolute Gasteiger partial charge is 0.486 e. The average Bonchev–Trinajstić information content (AvgIpc) is 3.43. The van der Waals surface area contributed by atoms with Crippen LogP contribution in [0.25, 0.3) is 10.9 Å². The third kappa shape index (κ3) is 7.43. The van der Waals surface area contributed by atoms with E-state index in [9.17, 15) is 14.4 Å². The maximum atomic E-state index is 13.7. The van der Waals surface area contributed by atoms with E-state index in [1.807, 2.05) is 11.9 Å². The van der Waals surface area contributed by atoms with Crippen LogP contribution < -0.4 is 15.4 Å². The van der Waals surface area contributed by atoms with Crippen LogP contribution in [0.2, 0.25) is 5.02 Å². The number of methoxy groups -OCH3 is 1. The first kappa shape index (κ1) is 28.3. The number of amides is 1. The molecule has 4 rings (SSSR count). The van der Waals surface area contributed by atoms with E-state index in [1.54, 1.807) is 25.3 Å². The van der Waals surface area contributed by atoms with Crippen molar-refractivity contribution in [2.45, 2.75) is 12.5 Å². The number of halogens is 2. The molecule has 0 spiro atoms. The quantitative estimate of drug-likeness (QED) is 0.323. The lowest BCUT2D eigenvalue weighted by Crippen LogP contribution is -2.23. The Morgan fingerprint density at radius 1 is 1.38 bits per heavy atom. The first-order valence-corrected chi connectivity index (χ1v) is 12.7. The monoisotopic (exact) mass is 553 g/mol. The van der Waals surface area contributed by atoms with Crippen LogP contribution in [0.3, 0.4) is 0 Å². The number of benzene rings is 2. The number of likely N-dealkylation sites (N-methyl/N-ethyl adjacent to an activating group) is 1. The maximum absolute atomic E-state index is 13.7. The molecule has 1 fully saturated rings. The summed E-state index contributed by atoms with van der Waals surface area (Å²) in [6.07, 6.45) is 5.22. The number of fused-ring (bicyclic) bond motifs is 1. The molecule has 0 saturated carbocycles. The van der Waals surface area contributed by atoms with E-state index in [1.165, 1.54) is 30.5 Å². The van der Waals surface area contributed by atoms with Crippen molar-refractivity contribution in [3.63, 3.8) is 0 Å². The molecule has 3 aromatic rings. The third-order valence-electron chi connectivity index (χ3n) is 6.08. The lowest BCUT2D eigenvalue weighted by atomic mass is 10.1. The van der Waals surface area contributed by atoms with E-state index in [-0.39, 0.29) is 22.6 Å². The highest BCUT2D eigenvalue weighted by atomic mass is 35.5. The van der Waals surface area contributed by atoms with Gasteiger partial charge in [-0.1, -0.05) is 17.7 Å². The summed E-state index contributed by atoms with van der Waals surface area (Å²) in [4.78, 5) is 19.3. The van der Waals surface area contributed by atoms with Gasteiger partial charge in [0, 0.05) is 56.0 Å². The minimum Gasteiger partial charge on any atom is -0.486 e.